The van der Waals surface area contributed by atoms with E-state index in [9.17, 15) is 9.59 Å². The Kier molecular flexibility index (Phi) is 5.36. The number of carbonyl (C=O) groups is 2. The summed E-state index contributed by atoms with van der Waals surface area (Å²) in [6.45, 7) is 4.15. The van der Waals surface area contributed by atoms with Crippen molar-refractivity contribution in [1.29, 1.82) is 0 Å². The van der Waals surface area contributed by atoms with Crippen LogP contribution in [0.15, 0.2) is 18.2 Å². The summed E-state index contributed by atoms with van der Waals surface area (Å²) < 4.78 is 9.67. The first-order valence-corrected chi connectivity index (χ1v) is 6.02. The molecule has 0 radical (unpaired) electrons. The maximum absolute atomic E-state index is 11.6. The van der Waals surface area contributed by atoms with Crippen molar-refractivity contribution in [2.75, 3.05) is 19.5 Å². The summed E-state index contributed by atoms with van der Waals surface area (Å²) in [6, 6.07) is 5.56. The first-order chi connectivity index (χ1) is 8.97. The quantitative estimate of drug-likeness (QED) is 0.655. The third kappa shape index (κ3) is 4.28. The lowest BCUT2D eigenvalue weighted by Crippen LogP contribution is -2.17. The van der Waals surface area contributed by atoms with Crippen molar-refractivity contribution in [2.45, 2.75) is 26.2 Å². The molecule has 0 saturated heterocycles. The van der Waals surface area contributed by atoms with E-state index in [1.54, 1.807) is 6.07 Å². The van der Waals surface area contributed by atoms with Gasteiger partial charge in [-0.1, -0.05) is 19.9 Å². The second kappa shape index (κ2) is 6.78. The van der Waals surface area contributed by atoms with E-state index >= 15 is 0 Å². The summed E-state index contributed by atoms with van der Waals surface area (Å²) >= 11 is 0. The smallest absolute Gasteiger partial charge is 0.315 e. The average Bonchev–Trinajstić information content (AvgIpc) is 2.38. The van der Waals surface area contributed by atoms with E-state index in [-0.39, 0.29) is 6.42 Å². The Hall–Kier alpha value is -2.04. The van der Waals surface area contributed by atoms with E-state index in [1.165, 1.54) is 14.2 Å². The molecule has 0 aliphatic carbocycles. The number of carbonyl (C=O) groups excluding carboxylic acids is 2. The van der Waals surface area contributed by atoms with Crippen LogP contribution < -0.4 is 10.1 Å². The van der Waals surface area contributed by atoms with Crippen LogP contribution in [0, 0.1) is 0 Å². The monoisotopic (exact) mass is 265 g/mol. The summed E-state index contributed by atoms with van der Waals surface area (Å²) in [5, 5.41) is 2.63. The molecule has 0 aliphatic rings. The molecule has 0 spiro atoms. The number of rotatable bonds is 5. The standard InChI is InChI=1S/C14H19NO4/c1-9(2)10-5-6-11(12(7-10)18-3)15-13(16)8-14(17)19-4/h5-7,9H,8H2,1-4H3,(H,15,16). The van der Waals surface area contributed by atoms with Crippen LogP contribution in [-0.2, 0) is 14.3 Å². The summed E-state index contributed by atoms with van der Waals surface area (Å²) in [5.74, 6) is -0.0594. The van der Waals surface area contributed by atoms with Crippen LogP contribution in [0.2, 0.25) is 0 Å². The van der Waals surface area contributed by atoms with Gasteiger partial charge >= 0.3 is 5.97 Å². The summed E-state index contributed by atoms with van der Waals surface area (Å²) in [6.07, 6.45) is -0.314. The number of anilines is 1. The Morgan fingerprint density at radius 2 is 1.95 bits per heavy atom. The molecule has 19 heavy (non-hydrogen) atoms. The fourth-order valence-electron chi connectivity index (χ4n) is 1.57. The third-order valence-corrected chi connectivity index (χ3v) is 2.70. The highest BCUT2D eigenvalue weighted by atomic mass is 16.5. The van der Waals surface area contributed by atoms with Crippen molar-refractivity contribution in [3.8, 4) is 5.75 Å². The Labute approximate surface area is 112 Å². The number of esters is 1. The van der Waals surface area contributed by atoms with Crippen molar-refractivity contribution < 1.29 is 19.1 Å². The molecular formula is C14H19NO4. The Morgan fingerprint density at radius 3 is 2.47 bits per heavy atom. The van der Waals surface area contributed by atoms with Crippen LogP contribution in [0.4, 0.5) is 5.69 Å². The van der Waals surface area contributed by atoms with Crippen molar-refractivity contribution in [3.05, 3.63) is 23.8 Å². The number of benzene rings is 1. The average molecular weight is 265 g/mol. The first kappa shape index (κ1) is 15.0. The molecule has 1 rings (SSSR count). The van der Waals surface area contributed by atoms with Gasteiger partial charge in [0.15, 0.2) is 0 Å². The molecule has 0 aromatic heterocycles. The zero-order chi connectivity index (χ0) is 14.4. The SMILES string of the molecule is COC(=O)CC(=O)Nc1ccc(C(C)C)cc1OC. The zero-order valence-corrected chi connectivity index (χ0v) is 11.6. The fourth-order valence-corrected chi connectivity index (χ4v) is 1.57. The maximum atomic E-state index is 11.6. The van der Waals surface area contributed by atoms with Gasteiger partial charge in [0.2, 0.25) is 5.91 Å². The molecule has 5 nitrogen and oxygen atoms in total. The Bertz CT molecular complexity index is 469. The van der Waals surface area contributed by atoms with Crippen molar-refractivity contribution in [3.63, 3.8) is 0 Å². The molecule has 0 unspecified atom stereocenters. The number of hydrogen-bond acceptors (Lipinski definition) is 4. The minimum Gasteiger partial charge on any atom is -0.495 e. The van der Waals surface area contributed by atoms with Crippen LogP contribution in [0.25, 0.3) is 0 Å². The molecule has 0 fully saturated rings. The third-order valence-electron chi connectivity index (χ3n) is 2.70. The van der Waals surface area contributed by atoms with Crippen LogP contribution >= 0.6 is 0 Å². The van der Waals surface area contributed by atoms with Gasteiger partial charge in [-0.25, -0.2) is 0 Å². The van der Waals surface area contributed by atoms with E-state index < -0.39 is 11.9 Å². The zero-order valence-electron chi connectivity index (χ0n) is 11.6. The van der Waals surface area contributed by atoms with Gasteiger partial charge in [0, 0.05) is 0 Å². The van der Waals surface area contributed by atoms with Gasteiger partial charge in [-0.15, -0.1) is 0 Å². The molecule has 0 atom stereocenters. The van der Waals surface area contributed by atoms with Gasteiger partial charge in [-0.2, -0.15) is 0 Å². The molecule has 0 saturated carbocycles. The molecular weight excluding hydrogens is 246 g/mol. The van der Waals surface area contributed by atoms with E-state index in [0.29, 0.717) is 17.4 Å². The molecule has 1 N–H and O–H groups in total. The summed E-state index contributed by atoms with van der Waals surface area (Å²) in [5.41, 5.74) is 1.66. The molecule has 0 bridgehead atoms. The Balaban J connectivity index is 2.83. The molecule has 0 aliphatic heterocycles. The van der Waals surface area contributed by atoms with E-state index in [1.807, 2.05) is 12.1 Å². The Morgan fingerprint density at radius 1 is 1.26 bits per heavy atom. The highest BCUT2D eigenvalue weighted by molar-refractivity contribution is 6.02. The molecule has 1 amide bonds. The summed E-state index contributed by atoms with van der Waals surface area (Å²) in [4.78, 5) is 22.6. The van der Waals surface area contributed by atoms with Gasteiger partial charge in [0.25, 0.3) is 0 Å². The van der Waals surface area contributed by atoms with Crippen molar-refractivity contribution >= 4 is 17.6 Å². The number of hydrogen-bond donors (Lipinski definition) is 1. The maximum Gasteiger partial charge on any atom is 0.315 e. The van der Waals surface area contributed by atoms with Crippen LogP contribution in [0.5, 0.6) is 5.75 Å². The molecule has 104 valence electrons. The fraction of sp³-hybridized carbons (Fsp3) is 0.429. The second-order valence-corrected chi connectivity index (χ2v) is 4.42. The van der Waals surface area contributed by atoms with Crippen LogP contribution in [0.3, 0.4) is 0 Å². The van der Waals surface area contributed by atoms with E-state index in [0.717, 1.165) is 5.56 Å². The minimum absolute atomic E-state index is 0.314. The predicted molar refractivity (Wildman–Crippen MR) is 72.3 cm³/mol. The summed E-state index contributed by atoms with van der Waals surface area (Å²) in [7, 11) is 2.78. The molecule has 0 heterocycles. The van der Waals surface area contributed by atoms with Gasteiger partial charge in [-0.05, 0) is 23.6 Å². The number of nitrogens with one attached hydrogen (secondary N) is 1. The lowest BCUT2D eigenvalue weighted by molar-refractivity contribution is -0.142. The molecule has 1 aromatic rings. The number of amides is 1. The van der Waals surface area contributed by atoms with Gasteiger partial charge in [-0.3, -0.25) is 9.59 Å². The second-order valence-electron chi connectivity index (χ2n) is 4.42. The predicted octanol–water partition coefficient (Wildman–Crippen LogP) is 2.32. The highest BCUT2D eigenvalue weighted by Gasteiger charge is 2.13. The number of ether oxygens (including phenoxy) is 2. The van der Waals surface area contributed by atoms with E-state index in [2.05, 4.69) is 23.9 Å². The lowest BCUT2D eigenvalue weighted by Gasteiger charge is -2.13. The largest absolute Gasteiger partial charge is 0.495 e. The number of methoxy groups -OCH3 is 2. The molecule has 5 heteroatoms. The van der Waals surface area contributed by atoms with Crippen molar-refractivity contribution in [1.82, 2.24) is 0 Å². The van der Waals surface area contributed by atoms with Crippen LogP contribution in [0.1, 0.15) is 31.7 Å². The lowest BCUT2D eigenvalue weighted by atomic mass is 10.0. The highest BCUT2D eigenvalue weighted by Crippen LogP contribution is 2.28. The first-order valence-electron chi connectivity index (χ1n) is 6.02. The van der Waals surface area contributed by atoms with Gasteiger partial charge in [0.1, 0.15) is 12.2 Å². The van der Waals surface area contributed by atoms with Gasteiger partial charge in [0.05, 0.1) is 19.9 Å². The van der Waals surface area contributed by atoms with Gasteiger partial charge < -0.3 is 14.8 Å². The normalized spacial score (nSPS) is 10.2. The topological polar surface area (TPSA) is 64.6 Å². The van der Waals surface area contributed by atoms with Crippen LogP contribution in [-0.4, -0.2) is 26.1 Å². The minimum atomic E-state index is -0.574. The molecule has 1 aromatic carbocycles. The van der Waals surface area contributed by atoms with E-state index in [4.69, 9.17) is 4.74 Å². The van der Waals surface area contributed by atoms with Crippen molar-refractivity contribution in [2.24, 2.45) is 0 Å².